The van der Waals surface area contributed by atoms with Crippen LogP contribution in [-0.4, -0.2) is 40.6 Å². The van der Waals surface area contributed by atoms with Crippen LogP contribution in [0.15, 0.2) is 5.38 Å². The van der Waals surface area contributed by atoms with Crippen LogP contribution in [0.3, 0.4) is 0 Å². The second kappa shape index (κ2) is 4.30. The Labute approximate surface area is 84.7 Å². The normalized spacial score (nSPS) is 10.1. The molecule has 0 aromatic carbocycles. The first-order chi connectivity index (χ1) is 5.27. The van der Waals surface area contributed by atoms with E-state index >= 15 is 0 Å². The molecule has 0 N–H and O–H groups in total. The van der Waals surface area contributed by atoms with Crippen molar-refractivity contribution >= 4 is 42.7 Å². The molecule has 0 aliphatic heterocycles. The minimum absolute atomic E-state index is 1.06. The summed E-state index contributed by atoms with van der Waals surface area (Å²) in [4.78, 5) is 6.74. The van der Waals surface area contributed by atoms with Gasteiger partial charge >= 0.3 is 84.9 Å². The van der Waals surface area contributed by atoms with Crippen LogP contribution in [0.2, 0.25) is 0 Å². The summed E-state index contributed by atoms with van der Waals surface area (Å²) < 4.78 is 1.25. The minimum atomic E-state index is 1.06. The number of hydrogen-bond acceptors (Lipinski definition) is 3. The standard InChI is InChI=1S/C7H11N2S.Sn.H/c1-3-9(4-2)7-8-5-6-10-7;;/h6H,3-4H2,1-2H3;;. The zero-order chi connectivity index (χ0) is 8.27. The second-order valence-corrected chi connectivity index (χ2v) is 4.75. The Morgan fingerprint density at radius 1 is 1.55 bits per heavy atom. The van der Waals surface area contributed by atoms with Crippen molar-refractivity contribution in [2.24, 2.45) is 0 Å². The van der Waals surface area contributed by atoms with Crippen LogP contribution in [0.1, 0.15) is 13.8 Å². The third-order valence-electron chi connectivity index (χ3n) is 1.54. The van der Waals surface area contributed by atoms with Gasteiger partial charge in [0.25, 0.3) is 0 Å². The maximum absolute atomic E-state index is 4.45. The van der Waals surface area contributed by atoms with Crippen LogP contribution in [0.5, 0.6) is 0 Å². The molecule has 60 valence electrons. The van der Waals surface area contributed by atoms with Gasteiger partial charge in [-0.1, -0.05) is 0 Å². The van der Waals surface area contributed by atoms with E-state index < -0.39 is 0 Å². The molecule has 1 aromatic rings. The Kier molecular flexibility index (Phi) is 3.64. The average Bonchev–Trinajstić information content (AvgIpc) is 2.39. The van der Waals surface area contributed by atoms with Crippen molar-refractivity contribution in [1.29, 1.82) is 0 Å². The first-order valence-corrected chi connectivity index (χ1v) is 6.26. The molecule has 0 aliphatic carbocycles. The van der Waals surface area contributed by atoms with Crippen LogP contribution < -0.4 is 8.61 Å². The van der Waals surface area contributed by atoms with E-state index in [9.17, 15) is 0 Å². The summed E-state index contributed by atoms with van der Waals surface area (Å²) in [7, 11) is 0. The van der Waals surface area contributed by atoms with E-state index in [1.54, 1.807) is 11.3 Å². The molecule has 11 heavy (non-hydrogen) atoms. The van der Waals surface area contributed by atoms with Crippen LogP contribution in [0, 0.1) is 0 Å². The topological polar surface area (TPSA) is 16.1 Å². The Morgan fingerprint density at radius 3 is 2.55 bits per heavy atom. The summed E-state index contributed by atoms with van der Waals surface area (Å²) in [5, 5.41) is 3.33. The molecule has 0 aliphatic rings. The Hall–Kier alpha value is 0.229. The van der Waals surface area contributed by atoms with Gasteiger partial charge in [-0.2, -0.15) is 0 Å². The van der Waals surface area contributed by atoms with Gasteiger partial charge in [-0.15, -0.1) is 0 Å². The van der Waals surface area contributed by atoms with Crippen LogP contribution >= 0.6 is 11.3 Å². The number of hydrogen-bond donors (Lipinski definition) is 0. The van der Waals surface area contributed by atoms with Crippen molar-refractivity contribution < 1.29 is 0 Å². The monoisotopic (exact) mass is 276 g/mol. The first-order valence-electron chi connectivity index (χ1n) is 3.73. The van der Waals surface area contributed by atoms with Gasteiger partial charge in [-0.05, 0) is 0 Å². The third-order valence-corrected chi connectivity index (χ3v) is 4.00. The van der Waals surface area contributed by atoms with Crippen molar-refractivity contribution in [2.75, 3.05) is 18.0 Å². The molecule has 2 radical (unpaired) electrons. The predicted octanol–water partition coefficient (Wildman–Crippen LogP) is 0.515. The van der Waals surface area contributed by atoms with Gasteiger partial charge in [-0.25, -0.2) is 0 Å². The van der Waals surface area contributed by atoms with Crippen LogP contribution in [0.4, 0.5) is 5.13 Å². The van der Waals surface area contributed by atoms with Crippen molar-refractivity contribution in [3.63, 3.8) is 0 Å². The van der Waals surface area contributed by atoms with E-state index in [1.165, 1.54) is 8.84 Å². The van der Waals surface area contributed by atoms with Crippen LogP contribution in [-0.2, 0) is 0 Å². The zero-order valence-electron chi connectivity index (χ0n) is 6.87. The predicted molar refractivity (Wildman–Crippen MR) is 52.5 cm³/mol. The number of nitrogens with zero attached hydrogens (tertiary/aromatic N) is 2. The molecule has 1 rings (SSSR count). The molecule has 4 heteroatoms. The van der Waals surface area contributed by atoms with E-state index in [2.05, 4.69) is 29.1 Å². The summed E-state index contributed by atoms with van der Waals surface area (Å²) in [6.45, 7) is 6.45. The number of rotatable bonds is 3. The number of anilines is 1. The molecule has 0 atom stereocenters. The molecule has 0 amide bonds. The van der Waals surface area contributed by atoms with Gasteiger partial charge in [0.2, 0.25) is 0 Å². The Morgan fingerprint density at radius 2 is 2.18 bits per heavy atom. The van der Waals surface area contributed by atoms with Gasteiger partial charge in [0, 0.05) is 0 Å². The van der Waals surface area contributed by atoms with E-state index in [0.717, 1.165) is 35.6 Å². The molecule has 0 bridgehead atoms. The Balaban J connectivity index is 2.73. The van der Waals surface area contributed by atoms with E-state index in [-0.39, 0.29) is 0 Å². The van der Waals surface area contributed by atoms with Gasteiger partial charge in [-0.3, -0.25) is 0 Å². The number of aromatic nitrogens is 1. The summed E-state index contributed by atoms with van der Waals surface area (Å²) in [5.74, 6) is 0. The molecule has 0 saturated carbocycles. The molecular formula is C7H12N2SSn. The van der Waals surface area contributed by atoms with E-state index in [0.29, 0.717) is 0 Å². The number of thiazole rings is 1. The zero-order valence-corrected chi connectivity index (χ0v) is 11.0. The quantitative estimate of drug-likeness (QED) is 0.747. The van der Waals surface area contributed by atoms with Gasteiger partial charge in [0.1, 0.15) is 0 Å². The average molecular weight is 275 g/mol. The van der Waals surface area contributed by atoms with Crippen molar-refractivity contribution in [2.45, 2.75) is 13.8 Å². The van der Waals surface area contributed by atoms with Crippen molar-refractivity contribution in [3.05, 3.63) is 5.38 Å². The summed E-state index contributed by atoms with van der Waals surface area (Å²) in [6.07, 6.45) is 0. The summed E-state index contributed by atoms with van der Waals surface area (Å²) in [6, 6.07) is 0. The first kappa shape index (κ1) is 9.32. The van der Waals surface area contributed by atoms with Gasteiger partial charge in [0.05, 0.1) is 0 Å². The summed E-state index contributed by atoms with van der Waals surface area (Å²) in [5.41, 5.74) is 0. The third kappa shape index (κ3) is 2.33. The van der Waals surface area contributed by atoms with Gasteiger partial charge in [0.15, 0.2) is 0 Å². The Bertz CT molecular complexity index is 220. The molecule has 0 fully saturated rings. The van der Waals surface area contributed by atoms with Crippen LogP contribution in [0.25, 0.3) is 0 Å². The fraction of sp³-hybridized carbons (Fsp3) is 0.571. The maximum atomic E-state index is 4.45. The molecule has 0 unspecified atom stereocenters. The summed E-state index contributed by atoms with van der Waals surface area (Å²) >= 11 is 2.88. The molecule has 1 heterocycles. The fourth-order valence-corrected chi connectivity index (χ4v) is 2.96. The molecule has 0 spiro atoms. The van der Waals surface area contributed by atoms with Crippen molar-refractivity contribution in [3.8, 4) is 0 Å². The van der Waals surface area contributed by atoms with E-state index in [4.69, 9.17) is 0 Å². The SMILES string of the molecule is CCN(CC)c1n[c]([SnH])cs1. The molecular weight excluding hydrogens is 263 g/mol. The molecule has 2 nitrogen and oxygen atoms in total. The van der Waals surface area contributed by atoms with E-state index in [1.807, 2.05) is 0 Å². The fourth-order valence-electron chi connectivity index (χ4n) is 0.916. The second-order valence-electron chi connectivity index (χ2n) is 2.23. The van der Waals surface area contributed by atoms with Gasteiger partial charge < -0.3 is 0 Å². The molecule has 1 aromatic heterocycles. The van der Waals surface area contributed by atoms with Crippen molar-refractivity contribution in [1.82, 2.24) is 4.98 Å². The molecule has 0 saturated heterocycles.